The highest BCUT2D eigenvalue weighted by molar-refractivity contribution is 9.26. The molecule has 1 aromatic heterocycles. The Bertz CT molecular complexity index is 632. The molecule has 0 spiro atoms. The van der Waals surface area contributed by atoms with E-state index in [1.54, 1.807) is 30.4 Å². The van der Waals surface area contributed by atoms with Crippen LogP contribution in [-0.2, 0) is 13.3 Å². The van der Waals surface area contributed by atoms with Gasteiger partial charge in [0.2, 0.25) is 0 Å². The molecular weight excluding hydrogens is 427 g/mol. The molecule has 2 rings (SSSR count). The van der Waals surface area contributed by atoms with Crippen molar-refractivity contribution in [2.75, 3.05) is 25.6 Å². The average molecular weight is 452 g/mol. The number of H-pyrrole nitrogens is 1. The number of aromatic amines is 1. The summed E-state index contributed by atoms with van der Waals surface area (Å²) < 4.78 is 17.6. The highest BCUT2D eigenvalue weighted by Gasteiger charge is 2.39. The van der Waals surface area contributed by atoms with E-state index in [0.717, 1.165) is 34.1 Å². The summed E-state index contributed by atoms with van der Waals surface area (Å²) in [6.07, 6.45) is 1.02. The normalized spacial score (nSPS) is 12.1. The Kier molecular flexibility index (Phi) is 10.8. The largest absolute Gasteiger partial charge is 0.500 e. The minimum Gasteiger partial charge on any atom is -0.374 e. The van der Waals surface area contributed by atoms with Crippen LogP contribution >= 0.6 is 41.2 Å². The summed E-state index contributed by atoms with van der Waals surface area (Å²) in [4.78, 5) is 1.13. The van der Waals surface area contributed by atoms with Crippen LogP contribution in [-0.4, -0.2) is 49.8 Å². The van der Waals surface area contributed by atoms with Gasteiger partial charge in [0.25, 0.3) is 0 Å². The lowest BCUT2D eigenvalue weighted by molar-refractivity contribution is 0.0712. The molecule has 0 aliphatic heterocycles. The lowest BCUT2D eigenvalue weighted by Gasteiger charge is -2.28. The maximum atomic E-state index is 5.88. The molecular formula is C15H25N3O3S4Si. The summed E-state index contributed by atoms with van der Waals surface area (Å²) in [6, 6.07) is 6.90. The Morgan fingerprint density at radius 3 is 2.42 bits per heavy atom. The lowest BCUT2D eigenvalue weighted by atomic mass is 10.3. The molecule has 11 heteroatoms. The van der Waals surface area contributed by atoms with Gasteiger partial charge in [0.1, 0.15) is 11.0 Å². The quantitative estimate of drug-likeness (QED) is 0.230. The predicted molar refractivity (Wildman–Crippen MR) is 117 cm³/mol. The summed E-state index contributed by atoms with van der Waals surface area (Å²) in [6.45, 7) is 7.88. The third-order valence-corrected chi connectivity index (χ3v) is 12.8. The molecule has 1 N–H and O–H groups in total. The van der Waals surface area contributed by atoms with Gasteiger partial charge in [0, 0.05) is 36.5 Å². The van der Waals surface area contributed by atoms with Crippen LogP contribution in [0.25, 0.3) is 11.0 Å². The van der Waals surface area contributed by atoms with Gasteiger partial charge in [0.05, 0.1) is 0 Å². The zero-order chi connectivity index (χ0) is 18.7. The monoisotopic (exact) mass is 451 g/mol. The van der Waals surface area contributed by atoms with Crippen LogP contribution in [0.15, 0.2) is 23.1 Å². The first-order valence-corrected chi connectivity index (χ1v) is 15.5. The van der Waals surface area contributed by atoms with E-state index in [0.29, 0.717) is 19.8 Å². The maximum Gasteiger partial charge on any atom is 0.500 e. The Morgan fingerprint density at radius 1 is 1.00 bits per heavy atom. The molecule has 26 heavy (non-hydrogen) atoms. The van der Waals surface area contributed by atoms with Crippen LogP contribution in [0.3, 0.4) is 0 Å². The van der Waals surface area contributed by atoms with Crippen molar-refractivity contribution in [3.63, 3.8) is 0 Å². The molecule has 1 aromatic carbocycles. The summed E-state index contributed by atoms with van der Waals surface area (Å²) in [5, 5.41) is 11.0. The van der Waals surface area contributed by atoms with Crippen molar-refractivity contribution in [2.24, 2.45) is 0 Å². The number of aromatic nitrogens is 3. The summed E-state index contributed by atoms with van der Waals surface area (Å²) >= 11 is 0. The Hall–Kier alpha value is 0.117. The lowest BCUT2D eigenvalue weighted by Crippen LogP contribution is -2.46. The number of nitrogens with zero attached hydrogens (tertiary/aromatic N) is 2. The standard InChI is InChI=1S/C15H25N3O3S4Si/c1-4-19-26(20-5-2,21-6-3)12-8-11-22-24-25-23-14-10-7-9-13-15(14)17-18-16-13/h7,9-10H,4-6,8,11-12H2,1-3H3,(H,16,17,18). The van der Waals surface area contributed by atoms with Gasteiger partial charge in [-0.15, -0.1) is 0 Å². The van der Waals surface area contributed by atoms with E-state index in [9.17, 15) is 0 Å². The SMILES string of the molecule is CCO[Si](CCCSSSSc1cccc2n[nH]nc12)(OCC)OCC. The smallest absolute Gasteiger partial charge is 0.374 e. The van der Waals surface area contributed by atoms with Gasteiger partial charge in [-0.25, -0.2) is 0 Å². The molecule has 0 unspecified atom stereocenters. The maximum absolute atomic E-state index is 5.88. The molecule has 0 saturated carbocycles. The molecule has 0 amide bonds. The fraction of sp³-hybridized carbons (Fsp3) is 0.600. The number of hydrogen-bond donors (Lipinski definition) is 1. The average Bonchev–Trinajstić information content (AvgIpc) is 3.11. The van der Waals surface area contributed by atoms with Gasteiger partial charge in [0.15, 0.2) is 0 Å². The molecule has 0 aliphatic rings. The van der Waals surface area contributed by atoms with Crippen LogP contribution < -0.4 is 0 Å². The predicted octanol–water partition coefficient (Wildman–Crippen LogP) is 5.43. The second kappa shape index (κ2) is 12.6. The van der Waals surface area contributed by atoms with Gasteiger partial charge in [-0.1, -0.05) is 16.9 Å². The van der Waals surface area contributed by atoms with E-state index in [1.807, 2.05) is 43.7 Å². The molecule has 0 atom stereocenters. The molecule has 146 valence electrons. The number of para-hydroxylation sites is 1. The molecule has 0 fully saturated rings. The van der Waals surface area contributed by atoms with Gasteiger partial charge in [-0.3, -0.25) is 0 Å². The van der Waals surface area contributed by atoms with Gasteiger partial charge >= 0.3 is 8.80 Å². The fourth-order valence-electron chi connectivity index (χ4n) is 2.36. The van der Waals surface area contributed by atoms with Gasteiger partial charge < -0.3 is 13.3 Å². The number of nitrogens with one attached hydrogen (secondary N) is 1. The highest BCUT2D eigenvalue weighted by atomic mass is 33.7. The van der Waals surface area contributed by atoms with Crippen molar-refractivity contribution in [3.8, 4) is 0 Å². The number of hydrogen-bond acceptors (Lipinski definition) is 9. The third kappa shape index (κ3) is 6.93. The van der Waals surface area contributed by atoms with Crippen molar-refractivity contribution in [3.05, 3.63) is 18.2 Å². The highest BCUT2D eigenvalue weighted by Crippen LogP contribution is 2.47. The third-order valence-electron chi connectivity index (χ3n) is 3.31. The van der Waals surface area contributed by atoms with Crippen LogP contribution in [0.4, 0.5) is 0 Å². The molecule has 6 nitrogen and oxygen atoms in total. The second-order valence-corrected chi connectivity index (χ2v) is 13.8. The van der Waals surface area contributed by atoms with E-state index in [-0.39, 0.29) is 0 Å². The van der Waals surface area contributed by atoms with Crippen molar-refractivity contribution >= 4 is 61.1 Å². The molecule has 2 aromatic rings. The summed E-state index contributed by atoms with van der Waals surface area (Å²) in [7, 11) is 4.59. The minimum atomic E-state index is -2.49. The van der Waals surface area contributed by atoms with Crippen molar-refractivity contribution in [1.82, 2.24) is 15.4 Å². The van der Waals surface area contributed by atoms with Crippen molar-refractivity contribution in [2.45, 2.75) is 38.1 Å². The van der Waals surface area contributed by atoms with Crippen molar-refractivity contribution < 1.29 is 13.3 Å². The fourth-order valence-corrected chi connectivity index (χ4v) is 11.1. The first-order chi connectivity index (χ1) is 12.7. The first kappa shape index (κ1) is 22.4. The minimum absolute atomic E-state index is 0.633. The first-order valence-electron chi connectivity index (χ1n) is 8.58. The van der Waals surface area contributed by atoms with Crippen LogP contribution in [0.2, 0.25) is 6.04 Å². The molecule has 1 heterocycles. The van der Waals surface area contributed by atoms with Crippen LogP contribution in [0.1, 0.15) is 27.2 Å². The zero-order valence-corrected chi connectivity index (χ0v) is 19.5. The van der Waals surface area contributed by atoms with Crippen LogP contribution in [0, 0.1) is 0 Å². The van der Waals surface area contributed by atoms with E-state index >= 15 is 0 Å². The van der Waals surface area contributed by atoms with Crippen molar-refractivity contribution in [1.29, 1.82) is 0 Å². The van der Waals surface area contributed by atoms with Crippen LogP contribution in [0.5, 0.6) is 0 Å². The Balaban J connectivity index is 1.67. The Morgan fingerprint density at radius 2 is 1.73 bits per heavy atom. The number of rotatable bonds is 14. The molecule has 0 saturated heterocycles. The molecule has 0 bridgehead atoms. The summed E-state index contributed by atoms with van der Waals surface area (Å²) in [5.41, 5.74) is 1.83. The molecule has 0 aliphatic carbocycles. The summed E-state index contributed by atoms with van der Waals surface area (Å²) in [5.74, 6) is 1.04. The van der Waals surface area contributed by atoms with E-state index in [1.165, 1.54) is 0 Å². The zero-order valence-electron chi connectivity index (χ0n) is 15.2. The van der Waals surface area contributed by atoms with E-state index < -0.39 is 8.80 Å². The number of benzene rings is 1. The van der Waals surface area contributed by atoms with E-state index in [2.05, 4.69) is 21.5 Å². The Labute approximate surface area is 171 Å². The van der Waals surface area contributed by atoms with Gasteiger partial charge in [-0.2, -0.15) is 15.4 Å². The second-order valence-electron chi connectivity index (χ2n) is 5.07. The van der Waals surface area contributed by atoms with E-state index in [4.69, 9.17) is 13.3 Å². The number of fused-ring (bicyclic) bond motifs is 1. The topological polar surface area (TPSA) is 69.3 Å². The van der Waals surface area contributed by atoms with Gasteiger partial charge in [-0.05, 0) is 69.8 Å². The molecule has 0 radical (unpaired) electrons.